The van der Waals surface area contributed by atoms with Crippen LogP contribution in [0.2, 0.25) is 0 Å². The highest BCUT2D eigenvalue weighted by atomic mass is 16.4. The fourth-order valence-corrected chi connectivity index (χ4v) is 1.80. The van der Waals surface area contributed by atoms with E-state index in [4.69, 9.17) is 10.2 Å². The Kier molecular flexibility index (Phi) is 3.31. The molecule has 6 nitrogen and oxygen atoms in total. The van der Waals surface area contributed by atoms with E-state index in [0.717, 1.165) is 4.90 Å². The molecular weight excluding hydrogens is 214 g/mol. The number of carboxylic acid groups (broad SMARTS) is 2. The zero-order chi connectivity index (χ0) is 12.5. The van der Waals surface area contributed by atoms with Gasteiger partial charge in [-0.05, 0) is 13.8 Å². The van der Waals surface area contributed by atoms with Crippen LogP contribution in [0.1, 0.15) is 13.8 Å². The largest absolute Gasteiger partial charge is 0.481 e. The highest BCUT2D eigenvalue weighted by Gasteiger charge is 2.47. The second kappa shape index (κ2) is 4.34. The number of β-lactam (4-membered cyclic amide) rings is 1. The molecule has 0 aliphatic carbocycles. The summed E-state index contributed by atoms with van der Waals surface area (Å²) in [7, 11) is 0. The normalized spacial score (nSPS) is 24.1. The third kappa shape index (κ3) is 1.91. The van der Waals surface area contributed by atoms with Crippen molar-refractivity contribution in [1.29, 1.82) is 0 Å². The van der Waals surface area contributed by atoms with Gasteiger partial charge in [0.25, 0.3) is 5.91 Å². The van der Waals surface area contributed by atoms with Gasteiger partial charge in [0, 0.05) is 5.57 Å². The fourth-order valence-electron chi connectivity index (χ4n) is 1.80. The van der Waals surface area contributed by atoms with Crippen molar-refractivity contribution in [2.75, 3.05) is 6.54 Å². The smallest absolute Gasteiger partial charge is 0.323 e. The lowest BCUT2D eigenvalue weighted by Crippen LogP contribution is -2.60. The van der Waals surface area contributed by atoms with Crippen LogP contribution in [0.3, 0.4) is 0 Å². The van der Waals surface area contributed by atoms with E-state index < -0.39 is 36.4 Å². The van der Waals surface area contributed by atoms with Gasteiger partial charge in [0.1, 0.15) is 6.54 Å². The SMILES string of the molecule is C/C=C1/C(=O)N(CC(=O)O)[C@@H]1[C@@H](C)C(=O)O. The molecule has 1 saturated heterocycles. The zero-order valence-corrected chi connectivity index (χ0v) is 9.01. The molecule has 1 amide bonds. The van der Waals surface area contributed by atoms with Gasteiger partial charge in [-0.25, -0.2) is 0 Å². The van der Waals surface area contributed by atoms with Crippen LogP contribution >= 0.6 is 0 Å². The van der Waals surface area contributed by atoms with Crippen LogP contribution in [-0.2, 0) is 14.4 Å². The Morgan fingerprint density at radius 1 is 1.50 bits per heavy atom. The Morgan fingerprint density at radius 3 is 2.44 bits per heavy atom. The molecule has 1 heterocycles. The van der Waals surface area contributed by atoms with Crippen molar-refractivity contribution in [3.63, 3.8) is 0 Å². The van der Waals surface area contributed by atoms with Gasteiger partial charge in [-0.15, -0.1) is 0 Å². The monoisotopic (exact) mass is 227 g/mol. The summed E-state index contributed by atoms with van der Waals surface area (Å²) in [6.45, 7) is 2.63. The lowest BCUT2D eigenvalue weighted by atomic mass is 9.84. The quantitative estimate of drug-likeness (QED) is 0.518. The molecule has 88 valence electrons. The van der Waals surface area contributed by atoms with E-state index in [1.165, 1.54) is 13.0 Å². The molecule has 2 N–H and O–H groups in total. The van der Waals surface area contributed by atoms with Crippen LogP contribution in [-0.4, -0.2) is 45.5 Å². The van der Waals surface area contributed by atoms with Gasteiger partial charge in [0.2, 0.25) is 0 Å². The summed E-state index contributed by atoms with van der Waals surface area (Å²) in [5.74, 6) is -3.40. The maximum Gasteiger partial charge on any atom is 0.323 e. The topological polar surface area (TPSA) is 94.9 Å². The van der Waals surface area contributed by atoms with Gasteiger partial charge in [0.15, 0.2) is 0 Å². The van der Waals surface area contributed by atoms with Crippen molar-refractivity contribution >= 4 is 17.8 Å². The van der Waals surface area contributed by atoms with Crippen molar-refractivity contribution in [2.45, 2.75) is 19.9 Å². The molecule has 0 aromatic carbocycles. The van der Waals surface area contributed by atoms with E-state index in [2.05, 4.69) is 0 Å². The van der Waals surface area contributed by atoms with Crippen LogP contribution in [0.15, 0.2) is 11.6 Å². The molecule has 0 spiro atoms. The average molecular weight is 227 g/mol. The number of carbonyl (C=O) groups is 3. The van der Waals surface area contributed by atoms with Gasteiger partial charge in [-0.2, -0.15) is 0 Å². The lowest BCUT2D eigenvalue weighted by Gasteiger charge is -2.43. The second-order valence-corrected chi connectivity index (χ2v) is 3.64. The van der Waals surface area contributed by atoms with Crippen LogP contribution in [0.25, 0.3) is 0 Å². The first-order valence-corrected chi connectivity index (χ1v) is 4.82. The Labute approximate surface area is 92.2 Å². The van der Waals surface area contributed by atoms with E-state index >= 15 is 0 Å². The van der Waals surface area contributed by atoms with E-state index in [1.807, 2.05) is 0 Å². The number of allylic oxidation sites excluding steroid dienone is 1. The van der Waals surface area contributed by atoms with Crippen LogP contribution in [0.4, 0.5) is 0 Å². The van der Waals surface area contributed by atoms with Gasteiger partial charge in [0.05, 0.1) is 12.0 Å². The number of carbonyl (C=O) groups excluding carboxylic acids is 1. The summed E-state index contributed by atoms with van der Waals surface area (Å²) in [4.78, 5) is 33.9. The molecule has 1 fully saturated rings. The number of hydrogen-bond donors (Lipinski definition) is 2. The molecular formula is C10H13NO5. The molecule has 0 aromatic heterocycles. The van der Waals surface area contributed by atoms with Crippen molar-refractivity contribution in [2.24, 2.45) is 5.92 Å². The lowest BCUT2D eigenvalue weighted by molar-refractivity contribution is -0.155. The predicted molar refractivity (Wildman–Crippen MR) is 53.7 cm³/mol. The first kappa shape index (κ1) is 12.2. The van der Waals surface area contributed by atoms with Crippen molar-refractivity contribution < 1.29 is 24.6 Å². The van der Waals surface area contributed by atoms with Crippen LogP contribution in [0, 0.1) is 5.92 Å². The first-order chi connectivity index (χ1) is 7.40. The van der Waals surface area contributed by atoms with Gasteiger partial charge in [-0.3, -0.25) is 14.4 Å². The first-order valence-electron chi connectivity index (χ1n) is 4.82. The van der Waals surface area contributed by atoms with Crippen molar-refractivity contribution in [3.8, 4) is 0 Å². The van der Waals surface area contributed by atoms with E-state index in [9.17, 15) is 14.4 Å². The zero-order valence-electron chi connectivity index (χ0n) is 9.01. The van der Waals surface area contributed by atoms with Crippen molar-refractivity contribution in [3.05, 3.63) is 11.6 Å². The van der Waals surface area contributed by atoms with E-state index in [-0.39, 0.29) is 0 Å². The molecule has 16 heavy (non-hydrogen) atoms. The minimum Gasteiger partial charge on any atom is -0.481 e. The summed E-state index contributed by atoms with van der Waals surface area (Å²) < 4.78 is 0. The molecule has 0 aromatic rings. The van der Waals surface area contributed by atoms with E-state index in [1.54, 1.807) is 6.92 Å². The van der Waals surface area contributed by atoms with Crippen LogP contribution < -0.4 is 0 Å². The summed E-state index contributed by atoms with van der Waals surface area (Å²) in [5, 5.41) is 17.5. The molecule has 1 aliphatic heterocycles. The third-order valence-electron chi connectivity index (χ3n) is 2.64. The molecule has 6 heteroatoms. The Balaban J connectivity index is 2.89. The summed E-state index contributed by atoms with van der Waals surface area (Å²) in [5.41, 5.74) is 0.371. The Bertz CT molecular complexity index is 373. The molecule has 1 aliphatic rings. The highest BCUT2D eigenvalue weighted by molar-refractivity contribution is 6.04. The van der Waals surface area contributed by atoms with E-state index in [0.29, 0.717) is 5.57 Å². The molecule has 0 radical (unpaired) electrons. The third-order valence-corrected chi connectivity index (χ3v) is 2.64. The summed E-state index contributed by atoms with van der Waals surface area (Å²) in [6.07, 6.45) is 1.53. The number of likely N-dealkylation sites (tertiary alicyclic amines) is 1. The molecule has 2 atom stereocenters. The number of carboxylic acids is 2. The molecule has 1 rings (SSSR count). The Morgan fingerprint density at radius 2 is 2.06 bits per heavy atom. The summed E-state index contributed by atoms with van der Waals surface area (Å²) in [6, 6.07) is -0.633. The number of hydrogen-bond acceptors (Lipinski definition) is 3. The number of amides is 1. The summed E-state index contributed by atoms with van der Waals surface area (Å²) >= 11 is 0. The molecule has 0 bridgehead atoms. The predicted octanol–water partition coefficient (Wildman–Crippen LogP) is -0.0512. The number of nitrogens with zero attached hydrogens (tertiary/aromatic N) is 1. The highest BCUT2D eigenvalue weighted by Crippen LogP contribution is 2.31. The minimum atomic E-state index is -1.15. The van der Waals surface area contributed by atoms with Gasteiger partial charge in [-0.1, -0.05) is 6.08 Å². The standard InChI is InChI=1S/C10H13NO5/c1-3-6-8(5(2)10(15)16)11(9(6)14)4-7(12)13/h3,5,8H,4H2,1-2H3,(H,12,13)(H,15,16)/b6-3+/t5-,8-/m1/s1. The average Bonchev–Trinajstić information content (AvgIpc) is 2.20. The maximum atomic E-state index is 11.5. The maximum absolute atomic E-state index is 11.5. The minimum absolute atomic E-state index is 0.371. The van der Waals surface area contributed by atoms with Gasteiger partial charge >= 0.3 is 11.9 Å². The Hall–Kier alpha value is -1.85. The second-order valence-electron chi connectivity index (χ2n) is 3.64. The van der Waals surface area contributed by atoms with Crippen molar-refractivity contribution in [1.82, 2.24) is 4.90 Å². The fraction of sp³-hybridized carbons (Fsp3) is 0.500. The number of rotatable bonds is 4. The molecule has 0 unspecified atom stereocenters. The van der Waals surface area contributed by atoms with Gasteiger partial charge < -0.3 is 15.1 Å². The van der Waals surface area contributed by atoms with Crippen LogP contribution in [0.5, 0.6) is 0 Å². The number of aliphatic carboxylic acids is 2. The molecule has 0 saturated carbocycles.